The zero-order valence-electron chi connectivity index (χ0n) is 18.0. The first-order chi connectivity index (χ1) is 16.2. The highest BCUT2D eigenvalue weighted by molar-refractivity contribution is 6.36. The summed E-state index contributed by atoms with van der Waals surface area (Å²) in [5, 5.41) is 9.97. The molecule has 4 nitrogen and oxygen atoms in total. The van der Waals surface area contributed by atoms with Gasteiger partial charge < -0.3 is 14.1 Å². The van der Waals surface area contributed by atoms with Gasteiger partial charge in [0.15, 0.2) is 6.39 Å². The Hall–Kier alpha value is -2.69. The Bertz CT molecular complexity index is 1380. The normalized spacial score (nSPS) is 14.9. The van der Waals surface area contributed by atoms with Crippen molar-refractivity contribution in [2.24, 2.45) is 0 Å². The second kappa shape index (κ2) is 8.18. The first-order valence-electron chi connectivity index (χ1n) is 9.96. The third-order valence-electron chi connectivity index (χ3n) is 6.14. The van der Waals surface area contributed by atoms with Crippen molar-refractivity contribution in [3.05, 3.63) is 87.7 Å². The van der Waals surface area contributed by atoms with E-state index in [9.17, 15) is 31.4 Å². The molecule has 0 radical (unpaired) electrons. The number of aliphatic hydroxyl groups is 1. The molecule has 0 aliphatic rings. The van der Waals surface area contributed by atoms with Crippen LogP contribution in [0, 0.1) is 6.92 Å². The monoisotopic (exact) mass is 536 g/mol. The van der Waals surface area contributed by atoms with E-state index < -0.39 is 29.1 Å². The lowest BCUT2D eigenvalue weighted by atomic mass is 9.87. The molecular formula is C23H16Cl2F6N2O2. The fourth-order valence-electron chi connectivity index (χ4n) is 4.35. The minimum absolute atomic E-state index is 0.102. The molecule has 0 fully saturated rings. The molecule has 0 amide bonds. The van der Waals surface area contributed by atoms with Crippen molar-refractivity contribution >= 4 is 34.1 Å². The SMILES string of the molecule is Cc1c(Cl)c2cc(C(O)(C(F)(F)F)C(F)(F)F)ccc2n1C(C)(c1cocn1)c1ccccc1Cl. The van der Waals surface area contributed by atoms with Crippen molar-refractivity contribution in [2.45, 2.75) is 37.3 Å². The van der Waals surface area contributed by atoms with E-state index in [4.69, 9.17) is 27.6 Å². The van der Waals surface area contributed by atoms with Gasteiger partial charge in [0.2, 0.25) is 0 Å². The summed E-state index contributed by atoms with van der Waals surface area (Å²) in [5.74, 6) is 0. The van der Waals surface area contributed by atoms with Crippen LogP contribution in [0.1, 0.15) is 29.4 Å². The van der Waals surface area contributed by atoms with E-state index in [2.05, 4.69) is 4.98 Å². The van der Waals surface area contributed by atoms with E-state index in [1.54, 1.807) is 42.7 Å². The minimum atomic E-state index is -6.03. The van der Waals surface area contributed by atoms with Gasteiger partial charge in [0.05, 0.1) is 10.5 Å². The molecule has 2 heterocycles. The molecule has 186 valence electrons. The molecule has 0 saturated heterocycles. The number of hydrogen-bond donors (Lipinski definition) is 1. The van der Waals surface area contributed by atoms with Gasteiger partial charge in [-0.3, -0.25) is 0 Å². The molecule has 2 aromatic carbocycles. The molecule has 1 unspecified atom stereocenters. The first-order valence-corrected chi connectivity index (χ1v) is 10.7. The Balaban J connectivity index is 2.07. The molecule has 0 saturated carbocycles. The van der Waals surface area contributed by atoms with Gasteiger partial charge in [-0.25, -0.2) is 4.98 Å². The minimum Gasteiger partial charge on any atom is -0.451 e. The second-order valence-electron chi connectivity index (χ2n) is 8.10. The molecular weight excluding hydrogens is 521 g/mol. The third-order valence-corrected chi connectivity index (χ3v) is 6.95. The summed E-state index contributed by atoms with van der Waals surface area (Å²) in [6, 6.07) is 8.96. The number of halogens is 8. The quantitative estimate of drug-likeness (QED) is 0.277. The van der Waals surface area contributed by atoms with Gasteiger partial charge in [0, 0.05) is 27.2 Å². The van der Waals surface area contributed by atoms with E-state index in [1.807, 2.05) is 0 Å². The number of alkyl halides is 6. The van der Waals surface area contributed by atoms with Crippen LogP contribution in [0.25, 0.3) is 10.9 Å². The number of rotatable bonds is 4. The van der Waals surface area contributed by atoms with Gasteiger partial charge >= 0.3 is 12.4 Å². The summed E-state index contributed by atoms with van der Waals surface area (Å²) in [6.45, 7) is 3.27. The number of nitrogens with zero attached hydrogens (tertiary/aromatic N) is 2. The predicted octanol–water partition coefficient (Wildman–Crippen LogP) is 7.37. The van der Waals surface area contributed by atoms with E-state index >= 15 is 0 Å². The number of benzene rings is 2. The Kier molecular flexibility index (Phi) is 5.94. The molecule has 0 aliphatic heterocycles. The fraction of sp³-hybridized carbons (Fsp3) is 0.261. The lowest BCUT2D eigenvalue weighted by molar-refractivity contribution is -0.376. The molecule has 4 rings (SSSR count). The molecule has 4 aromatic rings. The van der Waals surface area contributed by atoms with E-state index in [0.29, 0.717) is 34.1 Å². The van der Waals surface area contributed by atoms with Crippen LogP contribution in [0.3, 0.4) is 0 Å². The summed E-state index contributed by atoms with van der Waals surface area (Å²) in [4.78, 5) is 4.23. The van der Waals surface area contributed by atoms with Crippen molar-refractivity contribution in [1.29, 1.82) is 0 Å². The van der Waals surface area contributed by atoms with Gasteiger partial charge in [0.25, 0.3) is 5.60 Å². The molecule has 0 spiro atoms. The Labute approximate surface area is 204 Å². The third kappa shape index (κ3) is 3.61. The summed E-state index contributed by atoms with van der Waals surface area (Å²) >= 11 is 12.9. The molecule has 0 aliphatic carbocycles. The molecule has 1 atom stereocenters. The molecule has 1 N–H and O–H groups in total. The van der Waals surface area contributed by atoms with Crippen LogP contribution in [-0.2, 0) is 11.1 Å². The van der Waals surface area contributed by atoms with Gasteiger partial charge in [-0.05, 0) is 32.0 Å². The average Bonchev–Trinajstić information content (AvgIpc) is 3.40. The summed E-state index contributed by atoms with van der Waals surface area (Å²) < 4.78 is 87.6. The van der Waals surface area contributed by atoms with Crippen molar-refractivity contribution in [2.75, 3.05) is 0 Å². The maximum atomic E-state index is 13.5. The van der Waals surface area contributed by atoms with Crippen molar-refractivity contribution < 1.29 is 35.9 Å². The van der Waals surface area contributed by atoms with E-state index in [1.165, 1.54) is 12.7 Å². The van der Waals surface area contributed by atoms with Gasteiger partial charge in [0.1, 0.15) is 17.5 Å². The van der Waals surface area contributed by atoms with E-state index in [-0.39, 0.29) is 15.9 Å². The first kappa shape index (κ1) is 25.4. The van der Waals surface area contributed by atoms with Gasteiger partial charge in [-0.1, -0.05) is 47.5 Å². The zero-order chi connectivity index (χ0) is 26.0. The number of aromatic nitrogens is 2. The second-order valence-corrected chi connectivity index (χ2v) is 8.88. The standard InChI is InChI=1S/C23H16Cl2F6N2O2/c1-12-19(25)14-9-13(21(34,22(26,27)28)23(29,30)31)7-8-17(14)33(12)20(2,18-10-35-11-32-18)15-5-3-4-6-16(15)24/h3-11,34H,1-2H3. The predicted molar refractivity (Wildman–Crippen MR) is 117 cm³/mol. The molecule has 35 heavy (non-hydrogen) atoms. The summed E-state index contributed by atoms with van der Waals surface area (Å²) in [5.41, 5.74) is -6.35. The Morgan fingerprint density at radius 1 is 0.971 bits per heavy atom. The largest absolute Gasteiger partial charge is 0.451 e. The molecule has 2 aromatic heterocycles. The topological polar surface area (TPSA) is 51.2 Å². The Morgan fingerprint density at radius 3 is 2.14 bits per heavy atom. The van der Waals surface area contributed by atoms with Crippen LogP contribution in [0.15, 0.2) is 59.5 Å². The van der Waals surface area contributed by atoms with Crippen LogP contribution in [0.2, 0.25) is 10.0 Å². The maximum absolute atomic E-state index is 13.5. The fourth-order valence-corrected chi connectivity index (χ4v) is 4.91. The van der Waals surface area contributed by atoms with Crippen LogP contribution < -0.4 is 0 Å². The van der Waals surface area contributed by atoms with Crippen molar-refractivity contribution in [3.63, 3.8) is 0 Å². The highest BCUT2D eigenvalue weighted by atomic mass is 35.5. The summed E-state index contributed by atoms with van der Waals surface area (Å²) in [6.07, 6.45) is -9.54. The highest BCUT2D eigenvalue weighted by Crippen LogP contribution is 2.51. The number of oxazole rings is 1. The van der Waals surface area contributed by atoms with Gasteiger partial charge in [-0.2, -0.15) is 26.3 Å². The number of hydrogen-bond acceptors (Lipinski definition) is 3. The zero-order valence-corrected chi connectivity index (χ0v) is 19.5. The number of fused-ring (bicyclic) bond motifs is 1. The molecule has 12 heteroatoms. The van der Waals surface area contributed by atoms with Crippen molar-refractivity contribution in [3.8, 4) is 0 Å². The van der Waals surface area contributed by atoms with Crippen LogP contribution >= 0.6 is 23.2 Å². The van der Waals surface area contributed by atoms with Crippen molar-refractivity contribution in [1.82, 2.24) is 9.55 Å². The lowest BCUT2D eigenvalue weighted by Gasteiger charge is -2.34. The van der Waals surface area contributed by atoms with Crippen LogP contribution in [0.5, 0.6) is 0 Å². The van der Waals surface area contributed by atoms with Gasteiger partial charge in [-0.15, -0.1) is 0 Å². The lowest BCUT2D eigenvalue weighted by Crippen LogP contribution is -2.53. The smallest absolute Gasteiger partial charge is 0.430 e. The maximum Gasteiger partial charge on any atom is 0.430 e. The van der Waals surface area contributed by atoms with Crippen LogP contribution in [-0.4, -0.2) is 27.0 Å². The van der Waals surface area contributed by atoms with E-state index in [0.717, 1.165) is 6.07 Å². The average molecular weight is 537 g/mol. The Morgan fingerprint density at radius 2 is 1.60 bits per heavy atom. The summed E-state index contributed by atoms with van der Waals surface area (Å²) in [7, 11) is 0. The highest BCUT2D eigenvalue weighted by Gasteiger charge is 2.71. The molecule has 0 bridgehead atoms. The van der Waals surface area contributed by atoms with Crippen LogP contribution in [0.4, 0.5) is 26.3 Å².